The van der Waals surface area contributed by atoms with E-state index in [0.717, 1.165) is 5.56 Å². The number of fused-ring (bicyclic) bond motifs is 2. The van der Waals surface area contributed by atoms with Gasteiger partial charge in [-0.25, -0.2) is 8.42 Å². The summed E-state index contributed by atoms with van der Waals surface area (Å²) in [6.07, 6.45) is 0. The number of sulfonamides is 1. The zero-order chi connectivity index (χ0) is 20.8. The van der Waals surface area contributed by atoms with Gasteiger partial charge in [0.1, 0.15) is 5.75 Å². The third kappa shape index (κ3) is 3.89. The van der Waals surface area contributed by atoms with Crippen LogP contribution in [0.2, 0.25) is 10.0 Å². The number of ether oxygens (including phenoxy) is 1. The summed E-state index contributed by atoms with van der Waals surface area (Å²) in [4.78, 5) is 12.6. The minimum atomic E-state index is -3.89. The fourth-order valence-electron chi connectivity index (χ4n) is 2.81. The molecular formula is C20H14Cl2N2O4S. The maximum absolute atomic E-state index is 12.7. The van der Waals surface area contributed by atoms with Gasteiger partial charge in [-0.1, -0.05) is 29.3 Å². The first kappa shape index (κ1) is 19.6. The van der Waals surface area contributed by atoms with Crippen LogP contribution in [-0.2, 0) is 10.0 Å². The maximum Gasteiger partial charge on any atom is 0.261 e. The Labute approximate surface area is 177 Å². The molecule has 0 aliphatic carbocycles. The van der Waals surface area contributed by atoms with Crippen LogP contribution >= 0.6 is 23.2 Å². The molecule has 0 saturated heterocycles. The van der Waals surface area contributed by atoms with E-state index >= 15 is 0 Å². The van der Waals surface area contributed by atoms with E-state index in [1.54, 1.807) is 31.2 Å². The molecule has 2 N–H and O–H groups in total. The minimum Gasteiger partial charge on any atom is -0.454 e. The lowest BCUT2D eigenvalue weighted by Gasteiger charge is -2.12. The normalized spacial score (nSPS) is 12.9. The highest BCUT2D eigenvalue weighted by Gasteiger charge is 2.23. The summed E-state index contributed by atoms with van der Waals surface area (Å²) in [5.74, 6) is 0.287. The molecular weight excluding hydrogens is 435 g/mol. The molecule has 0 saturated carbocycles. The van der Waals surface area contributed by atoms with E-state index in [2.05, 4.69) is 10.0 Å². The maximum atomic E-state index is 12.7. The second-order valence-corrected chi connectivity index (χ2v) is 8.95. The van der Waals surface area contributed by atoms with Gasteiger partial charge in [0.25, 0.3) is 15.9 Å². The number of halogens is 2. The second kappa shape index (κ2) is 7.26. The lowest BCUT2D eigenvalue weighted by Crippen LogP contribution is -2.15. The molecule has 0 bridgehead atoms. The Balaban J connectivity index is 1.67. The van der Waals surface area contributed by atoms with Crippen LogP contribution in [-0.4, -0.2) is 14.3 Å². The van der Waals surface area contributed by atoms with E-state index in [1.807, 2.05) is 0 Å². The van der Waals surface area contributed by atoms with E-state index in [1.165, 1.54) is 30.3 Å². The standard InChI is InChI=1S/C20H14Cl2N2O4S/c1-11-2-5-14(10-16(11)22)29(26,27)24-13-4-7-18-15(9-13)20(25)23-17-8-12(21)3-6-19(17)28-18/h2-10,24H,1H3,(H,23,25). The average Bonchev–Trinajstić information content (AvgIpc) is 2.79. The number of nitrogens with one attached hydrogen (secondary N) is 2. The third-order valence-electron chi connectivity index (χ3n) is 4.34. The topological polar surface area (TPSA) is 84.5 Å². The highest BCUT2D eigenvalue weighted by Crippen LogP contribution is 2.38. The second-order valence-electron chi connectivity index (χ2n) is 6.42. The van der Waals surface area contributed by atoms with Gasteiger partial charge in [-0.05, 0) is 61.0 Å². The van der Waals surface area contributed by atoms with Gasteiger partial charge in [0.05, 0.1) is 16.1 Å². The zero-order valence-electron chi connectivity index (χ0n) is 15.0. The van der Waals surface area contributed by atoms with Crippen LogP contribution in [0.3, 0.4) is 0 Å². The Bertz CT molecular complexity index is 1260. The van der Waals surface area contributed by atoms with Crippen LogP contribution in [0.5, 0.6) is 11.5 Å². The van der Waals surface area contributed by atoms with Gasteiger partial charge in [0, 0.05) is 15.7 Å². The third-order valence-corrected chi connectivity index (χ3v) is 6.36. The van der Waals surface area contributed by atoms with Gasteiger partial charge < -0.3 is 10.1 Å². The molecule has 0 atom stereocenters. The molecule has 0 spiro atoms. The fraction of sp³-hybridized carbons (Fsp3) is 0.0500. The highest BCUT2D eigenvalue weighted by molar-refractivity contribution is 7.92. The van der Waals surface area contributed by atoms with E-state index in [9.17, 15) is 13.2 Å². The molecule has 0 radical (unpaired) electrons. The number of amides is 1. The van der Waals surface area contributed by atoms with Crippen LogP contribution in [0.4, 0.5) is 11.4 Å². The molecule has 29 heavy (non-hydrogen) atoms. The monoisotopic (exact) mass is 448 g/mol. The van der Waals surface area contributed by atoms with Crippen LogP contribution < -0.4 is 14.8 Å². The Hall–Kier alpha value is -2.74. The van der Waals surface area contributed by atoms with Crippen molar-refractivity contribution in [2.45, 2.75) is 11.8 Å². The van der Waals surface area contributed by atoms with Gasteiger partial charge >= 0.3 is 0 Å². The van der Waals surface area contributed by atoms with Crippen molar-refractivity contribution in [2.75, 3.05) is 10.0 Å². The summed E-state index contributed by atoms with van der Waals surface area (Å²) < 4.78 is 33.6. The number of hydrogen-bond donors (Lipinski definition) is 2. The number of anilines is 2. The molecule has 148 valence electrons. The first-order valence-electron chi connectivity index (χ1n) is 8.45. The molecule has 0 aromatic heterocycles. The Kier molecular flexibility index (Phi) is 4.90. The van der Waals surface area contributed by atoms with Crippen LogP contribution in [0, 0.1) is 6.92 Å². The molecule has 4 rings (SSSR count). The molecule has 1 heterocycles. The van der Waals surface area contributed by atoms with Crippen molar-refractivity contribution in [3.05, 3.63) is 75.8 Å². The van der Waals surface area contributed by atoms with Crippen molar-refractivity contribution in [3.8, 4) is 11.5 Å². The number of carbonyl (C=O) groups is 1. The number of carbonyl (C=O) groups excluding carboxylic acids is 1. The number of aryl methyl sites for hydroxylation is 1. The van der Waals surface area contributed by atoms with Crippen molar-refractivity contribution >= 4 is 50.5 Å². The lowest BCUT2D eigenvalue weighted by molar-refractivity contribution is 0.102. The van der Waals surface area contributed by atoms with Gasteiger partial charge in [-0.2, -0.15) is 0 Å². The smallest absolute Gasteiger partial charge is 0.261 e. The zero-order valence-corrected chi connectivity index (χ0v) is 17.3. The highest BCUT2D eigenvalue weighted by atomic mass is 35.5. The first-order chi connectivity index (χ1) is 13.7. The largest absolute Gasteiger partial charge is 0.454 e. The van der Waals surface area contributed by atoms with Crippen LogP contribution in [0.25, 0.3) is 0 Å². The molecule has 1 aliphatic rings. The van der Waals surface area contributed by atoms with Crippen molar-refractivity contribution in [1.29, 1.82) is 0 Å². The first-order valence-corrected chi connectivity index (χ1v) is 10.7. The van der Waals surface area contributed by atoms with Crippen molar-refractivity contribution in [3.63, 3.8) is 0 Å². The number of benzene rings is 3. The molecule has 3 aromatic rings. The van der Waals surface area contributed by atoms with Crippen molar-refractivity contribution in [1.82, 2.24) is 0 Å². The number of hydrogen-bond acceptors (Lipinski definition) is 4. The predicted molar refractivity (Wildman–Crippen MR) is 113 cm³/mol. The predicted octanol–water partition coefficient (Wildman–Crippen LogP) is 5.46. The molecule has 3 aromatic carbocycles. The number of rotatable bonds is 3. The minimum absolute atomic E-state index is 0.0193. The van der Waals surface area contributed by atoms with Gasteiger partial charge in [-0.15, -0.1) is 0 Å². The summed E-state index contributed by atoms with van der Waals surface area (Å²) in [5.41, 5.74) is 1.59. The Morgan fingerprint density at radius 2 is 1.72 bits per heavy atom. The summed E-state index contributed by atoms with van der Waals surface area (Å²) in [7, 11) is -3.89. The lowest BCUT2D eigenvalue weighted by atomic mass is 10.1. The van der Waals surface area contributed by atoms with Gasteiger partial charge in [0.15, 0.2) is 5.75 Å². The Morgan fingerprint density at radius 3 is 2.48 bits per heavy atom. The SMILES string of the molecule is Cc1ccc(S(=O)(=O)Nc2ccc3c(c2)C(=O)Nc2cc(Cl)ccc2O3)cc1Cl. The summed E-state index contributed by atoms with van der Waals surface area (Å²) >= 11 is 12.0. The van der Waals surface area contributed by atoms with Crippen LogP contribution in [0.15, 0.2) is 59.5 Å². The summed E-state index contributed by atoms with van der Waals surface area (Å²) in [6, 6.07) is 13.8. The van der Waals surface area contributed by atoms with Gasteiger partial charge in [-0.3, -0.25) is 9.52 Å². The quantitative estimate of drug-likeness (QED) is 0.556. The molecule has 0 fully saturated rings. The average molecular weight is 449 g/mol. The van der Waals surface area contributed by atoms with Crippen molar-refractivity contribution in [2.24, 2.45) is 0 Å². The van der Waals surface area contributed by atoms with Crippen LogP contribution in [0.1, 0.15) is 15.9 Å². The molecule has 0 unspecified atom stereocenters. The summed E-state index contributed by atoms with van der Waals surface area (Å²) in [5, 5.41) is 3.51. The van der Waals surface area contributed by atoms with E-state index in [0.29, 0.717) is 27.2 Å². The summed E-state index contributed by atoms with van der Waals surface area (Å²) in [6.45, 7) is 1.78. The van der Waals surface area contributed by atoms with E-state index in [4.69, 9.17) is 27.9 Å². The van der Waals surface area contributed by atoms with Crippen molar-refractivity contribution < 1.29 is 17.9 Å². The van der Waals surface area contributed by atoms with E-state index < -0.39 is 15.9 Å². The molecule has 6 nitrogen and oxygen atoms in total. The molecule has 9 heteroatoms. The Morgan fingerprint density at radius 1 is 0.966 bits per heavy atom. The molecule has 1 aliphatic heterocycles. The van der Waals surface area contributed by atoms with E-state index in [-0.39, 0.29) is 16.1 Å². The molecule has 1 amide bonds. The van der Waals surface area contributed by atoms with Gasteiger partial charge in [0.2, 0.25) is 0 Å². The fourth-order valence-corrected chi connectivity index (χ4v) is 4.30.